The van der Waals surface area contributed by atoms with Gasteiger partial charge < -0.3 is 130 Å². The zero-order valence-corrected chi connectivity index (χ0v) is 57.2. The fraction of sp³-hybridized carbons (Fsp3) is 0.262. The molecule has 0 fully saturated rings. The van der Waals surface area contributed by atoms with Gasteiger partial charge in [-0.25, -0.2) is 0 Å². The average Bonchev–Trinajstić information content (AvgIpc) is 0.826. The fourth-order valence-corrected chi connectivity index (χ4v) is 8.08. The molecule has 23 N–H and O–H groups in total. The van der Waals surface area contributed by atoms with Crippen molar-refractivity contribution in [2.45, 2.75) is 19.5 Å². The first-order valence-electron chi connectivity index (χ1n) is 29.8. The molecule has 536 valence electrons. The fourth-order valence-electron chi connectivity index (χ4n) is 8.08. The molecule has 0 bridgehead atoms. The van der Waals surface area contributed by atoms with Crippen LogP contribution in [0.4, 0.5) is 101 Å². The van der Waals surface area contributed by atoms with E-state index < -0.39 is 0 Å². The van der Waals surface area contributed by atoms with Crippen LogP contribution in [0.25, 0.3) is 0 Å². The Bertz CT molecular complexity index is 4410. The molecular weight excluding hydrogens is 1310 g/mol. The number of anilines is 17. The Morgan fingerprint density at radius 2 is 0.653 bits per heavy atom. The van der Waals surface area contributed by atoms with E-state index in [0.717, 1.165) is 0 Å². The highest BCUT2D eigenvalue weighted by molar-refractivity contribution is 5.69. The van der Waals surface area contributed by atoms with E-state index in [-0.39, 0.29) is 111 Å². The highest BCUT2D eigenvalue weighted by Crippen LogP contribution is 2.38. The van der Waals surface area contributed by atoms with Crippen LogP contribution >= 0.6 is 0 Å². The highest BCUT2D eigenvalue weighted by atomic mass is 16.3. The molecule has 5 heterocycles. The number of para-hydroxylation sites is 5. The van der Waals surface area contributed by atoms with Crippen LogP contribution in [0.5, 0.6) is 57.5 Å². The van der Waals surface area contributed by atoms with Crippen molar-refractivity contribution in [2.75, 3.05) is 170 Å². The first kappa shape index (κ1) is 76.2. The number of aromatic hydroxyl groups is 10. The molecule has 101 heavy (non-hydrogen) atoms. The molecule has 5 aromatic carbocycles. The normalized spacial score (nSPS) is 10.3. The van der Waals surface area contributed by atoms with Crippen LogP contribution < -0.4 is 78.9 Å². The third-order valence-corrected chi connectivity index (χ3v) is 13.3. The number of benzene rings is 5. The summed E-state index contributed by atoms with van der Waals surface area (Å²) in [5.74, 6) is 2.22. The van der Waals surface area contributed by atoms with Gasteiger partial charge in [0, 0.05) is 115 Å². The summed E-state index contributed by atoms with van der Waals surface area (Å²) in [4.78, 5) is 72.6. The summed E-state index contributed by atoms with van der Waals surface area (Å²) in [5, 5.41) is 105. The molecule has 0 aliphatic rings. The summed E-state index contributed by atoms with van der Waals surface area (Å²) < 4.78 is 0. The molecule has 0 unspecified atom stereocenters. The highest BCUT2D eigenvalue weighted by Gasteiger charge is 2.19. The monoisotopic (exact) mass is 1390 g/mol. The Morgan fingerprint density at radius 1 is 0.317 bits per heavy atom. The summed E-state index contributed by atoms with van der Waals surface area (Å²) in [6.45, 7) is 1.04. The average molecular weight is 1400 g/mol. The lowest BCUT2D eigenvalue weighted by Crippen LogP contribution is -2.22. The molecule has 40 nitrogen and oxygen atoms in total. The van der Waals surface area contributed by atoms with E-state index in [0.29, 0.717) is 89.5 Å². The molecule has 0 aliphatic heterocycles. The van der Waals surface area contributed by atoms with E-state index in [1.807, 2.05) is 14.1 Å². The molecule has 10 aromatic rings. The van der Waals surface area contributed by atoms with Crippen LogP contribution in [-0.2, 0) is 19.5 Å². The number of phenolic OH excluding ortho intramolecular Hbond substituents is 10. The van der Waals surface area contributed by atoms with E-state index in [4.69, 9.17) is 28.7 Å². The van der Waals surface area contributed by atoms with Crippen LogP contribution in [-0.4, -0.2) is 217 Å². The molecule has 0 atom stereocenters. The van der Waals surface area contributed by atoms with E-state index in [9.17, 15) is 51.1 Å². The van der Waals surface area contributed by atoms with Gasteiger partial charge in [0.1, 0.15) is 0 Å². The van der Waals surface area contributed by atoms with Crippen molar-refractivity contribution in [2.24, 2.45) is 0 Å². The van der Waals surface area contributed by atoms with Crippen LogP contribution in [0.3, 0.4) is 0 Å². The van der Waals surface area contributed by atoms with Crippen molar-refractivity contribution in [1.82, 2.24) is 74.8 Å². The molecular formula is C61H82N30O10. The molecule has 5 aromatic heterocycles. The number of nitrogen functional groups attached to an aromatic ring is 5. The van der Waals surface area contributed by atoms with Crippen LogP contribution in [0.15, 0.2) is 91.0 Å². The Balaban J connectivity index is 0.000000199. The molecule has 0 saturated carbocycles. The minimum absolute atomic E-state index is 0.0563. The summed E-state index contributed by atoms with van der Waals surface area (Å²) >= 11 is 0. The van der Waals surface area contributed by atoms with Crippen LogP contribution in [0.2, 0.25) is 0 Å². The number of phenols is 10. The predicted molar refractivity (Wildman–Crippen MR) is 385 cm³/mol. The van der Waals surface area contributed by atoms with Gasteiger partial charge in [0.15, 0.2) is 57.5 Å². The Morgan fingerprint density at radius 3 is 1.14 bits per heavy atom. The summed E-state index contributed by atoms with van der Waals surface area (Å²) in [7, 11) is 21.3. The lowest BCUT2D eigenvalue weighted by Gasteiger charge is -2.20. The zero-order chi connectivity index (χ0) is 74.5. The lowest BCUT2D eigenvalue weighted by atomic mass is 10.1. The first-order valence-corrected chi connectivity index (χ1v) is 29.8. The number of hydrogen-bond acceptors (Lipinski definition) is 40. The standard InChI is InChI=1S/2C13H18N6O2.2C12H16N6O2.C11H14N6O2/c1-18(2)12-15-11(14)16-13(17-12)19(3)7-8-5-4-6-9(20)10(8)21;1-19(2)13-17-11(14)16-12(18-13)15-7-6-8-4-3-5-9(20)10(8)21;1-17(2)11-14-10(13)15-12(16-11)18(3)7-5-4-6-8(19)9(7)20;1-18(2)12-16-10(13)15-11(17-12)14-6-7-4-3-5-8(19)9(7)20;1-17(2)11-15-9(12)14-10(16-11)13-6-4-3-5-7(18)8(6)19/h4-6,20-21H,7H2,1-3H3,(H2,14,15,16,17);3-5,20-21H,6-7H2,1-2H3,(H3,14,15,16,17,18);4-6,19-20H,1-3H3,(H2,13,14,15,16);3-5,19-20H,6H2,1-2H3,(H3,13,14,15,16,17);3-5,18-19H,1-2H3,(H3,12,13,14,15,16). The number of nitrogens with zero attached hydrogens (tertiary/aromatic N) is 22. The maximum absolute atomic E-state index is 9.87. The zero-order valence-electron chi connectivity index (χ0n) is 57.2. The Hall–Kier alpha value is -13.9. The minimum atomic E-state index is -0.284. The molecule has 0 saturated heterocycles. The number of aromatic nitrogens is 15. The summed E-state index contributed by atoms with van der Waals surface area (Å²) in [5.41, 5.74) is 30.5. The van der Waals surface area contributed by atoms with Gasteiger partial charge in [-0.1, -0.05) is 48.5 Å². The molecule has 0 radical (unpaired) electrons. The second-order valence-corrected chi connectivity index (χ2v) is 22.3. The summed E-state index contributed by atoms with van der Waals surface area (Å²) in [6.07, 6.45) is 0.503. The maximum atomic E-state index is 9.87. The number of rotatable bonds is 19. The van der Waals surface area contributed by atoms with Crippen LogP contribution in [0, 0.1) is 0 Å². The quantitative estimate of drug-likeness (QED) is 0.0517. The van der Waals surface area contributed by atoms with Crippen molar-refractivity contribution in [3.8, 4) is 57.5 Å². The number of nitrogens with two attached hydrogens (primary N) is 5. The van der Waals surface area contributed by atoms with Gasteiger partial charge in [-0.05, 0) is 54.4 Å². The third-order valence-electron chi connectivity index (χ3n) is 13.3. The lowest BCUT2D eigenvalue weighted by molar-refractivity contribution is 0.399. The smallest absolute Gasteiger partial charge is 0.236 e. The molecule has 0 aliphatic carbocycles. The molecule has 40 heteroatoms. The minimum Gasteiger partial charge on any atom is -0.504 e. The van der Waals surface area contributed by atoms with Gasteiger partial charge in [0.05, 0.1) is 11.4 Å². The molecule has 0 spiro atoms. The van der Waals surface area contributed by atoms with Crippen LogP contribution in [0.1, 0.15) is 16.7 Å². The second kappa shape index (κ2) is 34.7. The van der Waals surface area contributed by atoms with E-state index in [1.165, 1.54) is 35.2 Å². The largest absolute Gasteiger partial charge is 0.504 e. The predicted octanol–water partition coefficient (Wildman–Crippen LogP) is 3.07. The van der Waals surface area contributed by atoms with Gasteiger partial charge in [-0.2, -0.15) is 74.8 Å². The molecule has 0 amide bonds. The van der Waals surface area contributed by atoms with E-state index >= 15 is 0 Å². The van der Waals surface area contributed by atoms with Crippen molar-refractivity contribution in [1.29, 1.82) is 0 Å². The number of hydrogen-bond donors (Lipinski definition) is 18. The number of nitrogens with one attached hydrogen (secondary N) is 3. The topological polar surface area (TPSA) is 585 Å². The maximum Gasteiger partial charge on any atom is 0.236 e. The Kier molecular flexibility index (Phi) is 26.2. The van der Waals surface area contributed by atoms with Gasteiger partial charge >= 0.3 is 0 Å². The molecule has 10 rings (SSSR count). The second-order valence-electron chi connectivity index (χ2n) is 22.3. The van der Waals surface area contributed by atoms with E-state index in [2.05, 4.69) is 90.7 Å². The van der Waals surface area contributed by atoms with Gasteiger partial charge in [0.25, 0.3) is 0 Å². The van der Waals surface area contributed by atoms with Gasteiger partial charge in [0.2, 0.25) is 89.2 Å². The van der Waals surface area contributed by atoms with Gasteiger partial charge in [-0.15, -0.1) is 0 Å². The van der Waals surface area contributed by atoms with Crippen molar-refractivity contribution < 1.29 is 51.1 Å². The Labute approximate surface area is 579 Å². The van der Waals surface area contributed by atoms with Crippen molar-refractivity contribution in [3.63, 3.8) is 0 Å². The summed E-state index contributed by atoms with van der Waals surface area (Å²) in [6, 6.07) is 23.5. The van der Waals surface area contributed by atoms with Gasteiger partial charge in [-0.3, -0.25) is 0 Å². The SMILES string of the molecule is CN(C)c1nc(N)nc(N(C)Cc2cccc(O)c2O)n1.CN(C)c1nc(N)nc(N(C)c2cccc(O)c2O)n1.CN(C)c1nc(N)nc(NCCc2cccc(O)c2O)n1.CN(C)c1nc(N)nc(NCc2cccc(O)c2O)n1.CN(C)c1nc(N)nc(Nc2cccc(O)c2O)n1. The third kappa shape index (κ3) is 21.8. The first-order chi connectivity index (χ1) is 47.7. The van der Waals surface area contributed by atoms with Crippen molar-refractivity contribution in [3.05, 3.63) is 108 Å². The van der Waals surface area contributed by atoms with Crippen molar-refractivity contribution >= 4 is 101 Å². The van der Waals surface area contributed by atoms with E-state index in [1.54, 1.807) is 161 Å².